The molecule has 0 radical (unpaired) electrons. The van der Waals surface area contributed by atoms with Crippen LogP contribution in [0.3, 0.4) is 0 Å². The number of carbonyl (C=O) groups excluding carboxylic acids is 1. The van der Waals surface area contributed by atoms with Crippen molar-refractivity contribution in [2.75, 3.05) is 18.5 Å². The molecule has 0 unspecified atom stereocenters. The lowest BCUT2D eigenvalue weighted by molar-refractivity contribution is 0.0955. The van der Waals surface area contributed by atoms with Gasteiger partial charge in [-0.05, 0) is 86.0 Å². The summed E-state index contributed by atoms with van der Waals surface area (Å²) in [6.07, 6.45) is 1.50. The van der Waals surface area contributed by atoms with Gasteiger partial charge in [-0.1, -0.05) is 77.8 Å². The van der Waals surface area contributed by atoms with Crippen molar-refractivity contribution in [2.24, 2.45) is 5.10 Å². The Bertz CT molecular complexity index is 2160. The molecular weight excluding hydrogens is 708 g/mol. The van der Waals surface area contributed by atoms with Gasteiger partial charge in [-0.25, -0.2) is 10.4 Å². The summed E-state index contributed by atoms with van der Waals surface area (Å²) in [7, 11) is 0. The van der Waals surface area contributed by atoms with E-state index in [1.807, 2.05) is 92.0 Å². The monoisotopic (exact) mass is 746 g/mol. The third kappa shape index (κ3) is 10.2. The molecule has 0 bridgehead atoms. The SMILES string of the molecule is CCOc1cc(COc2c(Cl)cc(/C=N/NC(=O)c3ccc(-c4csc(Nc5ccc(C)cc5)n4)cc3)cc2OCC)ccc1OCc1ccccc1. The molecule has 1 amide bonds. The number of hydrazone groups is 1. The topological polar surface area (TPSA) is 103 Å². The van der Waals surface area contributed by atoms with E-state index in [9.17, 15) is 4.79 Å². The van der Waals surface area contributed by atoms with E-state index in [0.29, 0.717) is 59.0 Å². The number of hydrogen-bond donors (Lipinski definition) is 2. The highest BCUT2D eigenvalue weighted by Crippen LogP contribution is 2.38. The van der Waals surface area contributed by atoms with Gasteiger partial charge in [-0.2, -0.15) is 5.10 Å². The minimum atomic E-state index is -0.355. The minimum absolute atomic E-state index is 0.217. The first-order valence-corrected chi connectivity index (χ1v) is 18.4. The summed E-state index contributed by atoms with van der Waals surface area (Å²) in [5.41, 5.74) is 9.49. The Morgan fingerprint density at radius 1 is 0.792 bits per heavy atom. The van der Waals surface area contributed by atoms with Gasteiger partial charge in [-0.3, -0.25) is 4.79 Å². The molecule has 53 heavy (non-hydrogen) atoms. The van der Waals surface area contributed by atoms with Crippen molar-refractivity contribution in [2.45, 2.75) is 34.0 Å². The zero-order chi connectivity index (χ0) is 37.0. The van der Waals surface area contributed by atoms with Crippen molar-refractivity contribution in [3.8, 4) is 34.3 Å². The number of rotatable bonds is 16. The van der Waals surface area contributed by atoms with Crippen molar-refractivity contribution in [3.05, 3.63) is 147 Å². The van der Waals surface area contributed by atoms with Crippen molar-refractivity contribution in [3.63, 3.8) is 0 Å². The predicted molar refractivity (Wildman–Crippen MR) is 212 cm³/mol. The Kier molecular flexibility index (Phi) is 12.6. The highest BCUT2D eigenvalue weighted by molar-refractivity contribution is 7.14. The molecule has 0 fully saturated rings. The number of halogens is 1. The number of aromatic nitrogens is 1. The largest absolute Gasteiger partial charge is 0.490 e. The van der Waals surface area contributed by atoms with Crippen LogP contribution in [0.1, 0.15) is 46.5 Å². The fourth-order valence-corrected chi connectivity index (χ4v) is 6.25. The van der Waals surface area contributed by atoms with Crippen LogP contribution in [0, 0.1) is 6.92 Å². The van der Waals surface area contributed by atoms with Crippen LogP contribution < -0.4 is 29.7 Å². The second-order valence-corrected chi connectivity index (χ2v) is 13.1. The lowest BCUT2D eigenvalue weighted by Crippen LogP contribution is -2.17. The number of hydrogen-bond acceptors (Lipinski definition) is 9. The molecule has 1 heterocycles. The number of thiazole rings is 1. The average molecular weight is 747 g/mol. The molecule has 6 aromatic rings. The predicted octanol–water partition coefficient (Wildman–Crippen LogP) is 10.2. The van der Waals surface area contributed by atoms with Crippen LogP contribution in [-0.4, -0.2) is 30.3 Å². The Morgan fingerprint density at radius 3 is 2.28 bits per heavy atom. The van der Waals surface area contributed by atoms with E-state index >= 15 is 0 Å². The van der Waals surface area contributed by atoms with Gasteiger partial charge < -0.3 is 24.3 Å². The zero-order valence-corrected chi connectivity index (χ0v) is 31.2. The van der Waals surface area contributed by atoms with E-state index in [4.69, 9.17) is 30.5 Å². The van der Waals surface area contributed by atoms with E-state index in [1.165, 1.54) is 23.1 Å². The fourth-order valence-electron chi connectivity index (χ4n) is 5.23. The van der Waals surface area contributed by atoms with Gasteiger partial charge in [0.05, 0.1) is 30.1 Å². The summed E-state index contributed by atoms with van der Waals surface area (Å²) in [5.74, 6) is 1.78. The van der Waals surface area contributed by atoms with Gasteiger partial charge in [0.25, 0.3) is 5.91 Å². The molecule has 0 aliphatic rings. The standard InChI is InChI=1S/C42H39ClN4O5S/c1-4-49-38-22-30(13-20-37(38)51-25-29-9-7-6-8-10-29)26-52-40-35(43)21-31(23-39(40)50-5-2)24-44-47-41(48)33-16-14-32(15-17-33)36-27-53-42(46-36)45-34-18-11-28(3)12-19-34/h6-24,27H,4-5,25-26H2,1-3H3,(H,45,46)(H,47,48)/b44-24+. The van der Waals surface area contributed by atoms with Crippen molar-refractivity contribution in [1.29, 1.82) is 0 Å². The molecule has 0 atom stereocenters. The molecular formula is C42H39ClN4O5S. The Morgan fingerprint density at radius 2 is 1.53 bits per heavy atom. The molecule has 0 saturated heterocycles. The normalized spacial score (nSPS) is 10.9. The number of aryl methyl sites for hydroxylation is 1. The second kappa shape index (κ2) is 18.1. The third-order valence-electron chi connectivity index (χ3n) is 7.89. The Labute approximate surface area is 318 Å². The van der Waals surface area contributed by atoms with Crippen molar-refractivity contribution in [1.82, 2.24) is 10.4 Å². The summed E-state index contributed by atoms with van der Waals surface area (Å²) >= 11 is 8.20. The van der Waals surface area contributed by atoms with Crippen LogP contribution in [0.2, 0.25) is 5.02 Å². The average Bonchev–Trinajstić information content (AvgIpc) is 3.64. The number of amides is 1. The van der Waals surface area contributed by atoms with E-state index in [-0.39, 0.29) is 12.5 Å². The highest BCUT2D eigenvalue weighted by atomic mass is 35.5. The maximum absolute atomic E-state index is 12.9. The molecule has 0 aliphatic heterocycles. The number of benzene rings is 5. The highest BCUT2D eigenvalue weighted by Gasteiger charge is 2.15. The molecule has 1 aromatic heterocycles. The third-order valence-corrected chi connectivity index (χ3v) is 8.93. The maximum Gasteiger partial charge on any atom is 0.271 e. The van der Waals surface area contributed by atoms with Crippen LogP contribution in [-0.2, 0) is 13.2 Å². The van der Waals surface area contributed by atoms with Gasteiger partial charge >= 0.3 is 0 Å². The number of nitrogens with one attached hydrogen (secondary N) is 2. The lowest BCUT2D eigenvalue weighted by Gasteiger charge is -2.16. The van der Waals surface area contributed by atoms with E-state index in [1.54, 1.807) is 24.3 Å². The maximum atomic E-state index is 12.9. The van der Waals surface area contributed by atoms with Crippen LogP contribution in [0.25, 0.3) is 11.3 Å². The quantitative estimate of drug-likeness (QED) is 0.0751. The number of anilines is 2. The molecule has 2 N–H and O–H groups in total. The van der Waals surface area contributed by atoms with Crippen LogP contribution >= 0.6 is 22.9 Å². The zero-order valence-electron chi connectivity index (χ0n) is 29.6. The number of nitrogens with zero attached hydrogens (tertiary/aromatic N) is 2. The van der Waals surface area contributed by atoms with Gasteiger partial charge in [0.15, 0.2) is 28.1 Å². The van der Waals surface area contributed by atoms with Gasteiger partial charge in [0.2, 0.25) is 0 Å². The molecule has 6 rings (SSSR count). The summed E-state index contributed by atoms with van der Waals surface area (Å²) in [5, 5.41) is 10.6. The summed E-state index contributed by atoms with van der Waals surface area (Å²) in [6, 6.07) is 34.5. The first kappa shape index (κ1) is 36.9. The fraction of sp³-hybridized carbons (Fsp3) is 0.167. The van der Waals surface area contributed by atoms with Crippen LogP contribution in [0.5, 0.6) is 23.0 Å². The molecule has 0 saturated carbocycles. The van der Waals surface area contributed by atoms with Gasteiger partial charge in [0.1, 0.15) is 13.2 Å². The Hall–Kier alpha value is -5.84. The van der Waals surface area contributed by atoms with Crippen molar-refractivity contribution >= 4 is 45.9 Å². The Balaban J connectivity index is 1.05. The van der Waals surface area contributed by atoms with E-state index in [2.05, 4.69) is 39.9 Å². The lowest BCUT2D eigenvalue weighted by atomic mass is 10.1. The molecule has 9 nitrogen and oxygen atoms in total. The van der Waals surface area contributed by atoms with E-state index in [0.717, 1.165) is 33.2 Å². The molecule has 270 valence electrons. The summed E-state index contributed by atoms with van der Waals surface area (Å²) in [6.45, 7) is 7.39. The summed E-state index contributed by atoms with van der Waals surface area (Å²) in [4.78, 5) is 17.6. The molecule has 11 heteroatoms. The number of carbonyl (C=O) groups is 1. The molecule has 5 aromatic carbocycles. The smallest absolute Gasteiger partial charge is 0.271 e. The first-order chi connectivity index (χ1) is 25.9. The van der Waals surface area contributed by atoms with Gasteiger partial charge in [-0.15, -0.1) is 11.3 Å². The molecule has 0 aliphatic carbocycles. The minimum Gasteiger partial charge on any atom is -0.490 e. The van der Waals surface area contributed by atoms with E-state index < -0.39 is 0 Å². The summed E-state index contributed by atoms with van der Waals surface area (Å²) < 4.78 is 23.9. The first-order valence-electron chi connectivity index (χ1n) is 17.1. The van der Waals surface area contributed by atoms with Gasteiger partial charge in [0, 0.05) is 22.2 Å². The van der Waals surface area contributed by atoms with Crippen molar-refractivity contribution < 1.29 is 23.7 Å². The van der Waals surface area contributed by atoms with Crippen LogP contribution in [0.15, 0.2) is 120 Å². The molecule has 0 spiro atoms. The van der Waals surface area contributed by atoms with Crippen LogP contribution in [0.4, 0.5) is 10.8 Å². The number of ether oxygens (including phenoxy) is 4. The second-order valence-electron chi connectivity index (χ2n) is 11.8.